The van der Waals surface area contributed by atoms with E-state index in [0.717, 1.165) is 31.3 Å². The molecule has 0 aromatic carbocycles. The lowest BCUT2D eigenvalue weighted by atomic mass is 9.96. The SMILES string of the molecule is OC1CCCCCC1CN(Cc1ccco1)C1CC1. The first kappa shape index (κ1) is 13.2. The van der Waals surface area contributed by atoms with Gasteiger partial charge in [0.15, 0.2) is 0 Å². The first-order chi connectivity index (χ1) is 9.33. The van der Waals surface area contributed by atoms with Crippen molar-refractivity contribution in [3.8, 4) is 0 Å². The number of aliphatic hydroxyl groups is 1. The summed E-state index contributed by atoms with van der Waals surface area (Å²) in [5.41, 5.74) is 0. The minimum Gasteiger partial charge on any atom is -0.468 e. The van der Waals surface area contributed by atoms with Gasteiger partial charge in [-0.15, -0.1) is 0 Å². The van der Waals surface area contributed by atoms with E-state index in [1.54, 1.807) is 6.26 Å². The fraction of sp³-hybridized carbons (Fsp3) is 0.750. The molecule has 2 unspecified atom stereocenters. The van der Waals surface area contributed by atoms with Crippen LogP contribution in [0.2, 0.25) is 0 Å². The summed E-state index contributed by atoms with van der Waals surface area (Å²) in [5, 5.41) is 10.3. The van der Waals surface area contributed by atoms with Crippen molar-refractivity contribution in [2.75, 3.05) is 6.54 Å². The number of nitrogens with zero attached hydrogens (tertiary/aromatic N) is 1. The van der Waals surface area contributed by atoms with Gasteiger partial charge in [0.05, 0.1) is 18.9 Å². The Kier molecular flexibility index (Phi) is 4.24. The summed E-state index contributed by atoms with van der Waals surface area (Å²) in [4.78, 5) is 2.53. The fourth-order valence-corrected chi connectivity index (χ4v) is 3.26. The third-order valence-electron chi connectivity index (χ3n) is 4.59. The Balaban J connectivity index is 1.60. The predicted molar refractivity (Wildman–Crippen MR) is 74.7 cm³/mol. The predicted octanol–water partition coefficient (Wildman–Crippen LogP) is 3.19. The second-order valence-electron chi connectivity index (χ2n) is 6.21. The summed E-state index contributed by atoms with van der Waals surface area (Å²) in [6.45, 7) is 1.94. The van der Waals surface area contributed by atoms with E-state index >= 15 is 0 Å². The molecule has 0 spiro atoms. The van der Waals surface area contributed by atoms with Crippen molar-refractivity contribution in [3.63, 3.8) is 0 Å². The van der Waals surface area contributed by atoms with Gasteiger partial charge in [-0.3, -0.25) is 4.90 Å². The van der Waals surface area contributed by atoms with E-state index in [0.29, 0.717) is 5.92 Å². The zero-order valence-corrected chi connectivity index (χ0v) is 11.6. The molecule has 1 N–H and O–H groups in total. The standard InChI is InChI=1S/C16H25NO2/c18-16-7-3-1-2-5-13(16)11-17(14-8-9-14)12-15-6-4-10-19-15/h4,6,10,13-14,16,18H,1-3,5,7-9,11-12H2. The van der Waals surface area contributed by atoms with Crippen LogP contribution in [-0.4, -0.2) is 28.7 Å². The molecule has 2 saturated carbocycles. The zero-order chi connectivity index (χ0) is 13.1. The number of aliphatic hydroxyl groups excluding tert-OH is 1. The first-order valence-corrected chi connectivity index (χ1v) is 7.77. The molecule has 106 valence electrons. The van der Waals surface area contributed by atoms with Crippen molar-refractivity contribution in [3.05, 3.63) is 24.2 Å². The maximum atomic E-state index is 10.3. The van der Waals surface area contributed by atoms with E-state index in [1.807, 2.05) is 6.07 Å². The van der Waals surface area contributed by atoms with Gasteiger partial charge in [0, 0.05) is 12.6 Å². The summed E-state index contributed by atoms with van der Waals surface area (Å²) < 4.78 is 5.48. The van der Waals surface area contributed by atoms with Gasteiger partial charge in [-0.25, -0.2) is 0 Å². The molecule has 2 aliphatic rings. The van der Waals surface area contributed by atoms with Crippen LogP contribution in [0.25, 0.3) is 0 Å². The summed E-state index contributed by atoms with van der Waals surface area (Å²) in [6.07, 6.45) is 10.2. The molecule has 3 heteroatoms. The molecule has 1 aromatic heterocycles. The van der Waals surface area contributed by atoms with Crippen molar-refractivity contribution in [1.82, 2.24) is 4.90 Å². The zero-order valence-electron chi connectivity index (χ0n) is 11.6. The van der Waals surface area contributed by atoms with E-state index in [-0.39, 0.29) is 6.10 Å². The molecule has 0 amide bonds. The van der Waals surface area contributed by atoms with Gasteiger partial charge in [-0.2, -0.15) is 0 Å². The lowest BCUT2D eigenvalue weighted by molar-refractivity contribution is 0.0669. The molecule has 3 nitrogen and oxygen atoms in total. The van der Waals surface area contributed by atoms with Gasteiger partial charge in [0.1, 0.15) is 5.76 Å². The van der Waals surface area contributed by atoms with Crippen molar-refractivity contribution < 1.29 is 9.52 Å². The topological polar surface area (TPSA) is 36.6 Å². The van der Waals surface area contributed by atoms with Crippen LogP contribution in [0.3, 0.4) is 0 Å². The van der Waals surface area contributed by atoms with E-state index in [1.165, 1.54) is 38.5 Å². The molecule has 1 aromatic rings. The van der Waals surface area contributed by atoms with Crippen molar-refractivity contribution in [2.45, 2.75) is 63.6 Å². The fourth-order valence-electron chi connectivity index (χ4n) is 3.26. The second kappa shape index (κ2) is 6.10. The van der Waals surface area contributed by atoms with Crippen LogP contribution in [-0.2, 0) is 6.54 Å². The first-order valence-electron chi connectivity index (χ1n) is 7.77. The van der Waals surface area contributed by atoms with E-state index in [2.05, 4.69) is 11.0 Å². The van der Waals surface area contributed by atoms with E-state index in [4.69, 9.17) is 4.42 Å². The van der Waals surface area contributed by atoms with Crippen LogP contribution in [0.4, 0.5) is 0 Å². The van der Waals surface area contributed by atoms with Crippen LogP contribution < -0.4 is 0 Å². The normalized spacial score (nSPS) is 28.5. The van der Waals surface area contributed by atoms with Crippen LogP contribution in [0.5, 0.6) is 0 Å². The Hall–Kier alpha value is -0.800. The third kappa shape index (κ3) is 3.61. The highest BCUT2D eigenvalue weighted by atomic mass is 16.3. The lowest BCUT2D eigenvalue weighted by Crippen LogP contribution is -2.35. The Morgan fingerprint density at radius 1 is 1.16 bits per heavy atom. The van der Waals surface area contributed by atoms with E-state index < -0.39 is 0 Å². The number of rotatable bonds is 5. The largest absolute Gasteiger partial charge is 0.468 e. The summed E-state index contributed by atoms with van der Waals surface area (Å²) in [7, 11) is 0. The maximum absolute atomic E-state index is 10.3. The van der Waals surface area contributed by atoms with Gasteiger partial charge in [0.25, 0.3) is 0 Å². The van der Waals surface area contributed by atoms with Crippen LogP contribution in [0.15, 0.2) is 22.8 Å². The molecule has 0 saturated heterocycles. The smallest absolute Gasteiger partial charge is 0.117 e. The molecular weight excluding hydrogens is 238 g/mol. The highest BCUT2D eigenvalue weighted by molar-refractivity contribution is 5.00. The molecule has 1 heterocycles. The van der Waals surface area contributed by atoms with Crippen molar-refractivity contribution in [1.29, 1.82) is 0 Å². The molecule has 0 radical (unpaired) electrons. The summed E-state index contributed by atoms with van der Waals surface area (Å²) in [6, 6.07) is 4.74. The molecule has 0 bridgehead atoms. The Labute approximate surface area is 115 Å². The second-order valence-corrected chi connectivity index (χ2v) is 6.21. The molecule has 2 fully saturated rings. The molecule has 0 aliphatic heterocycles. The molecule has 2 aliphatic carbocycles. The summed E-state index contributed by atoms with van der Waals surface area (Å²) in [5.74, 6) is 1.51. The highest BCUT2D eigenvalue weighted by Crippen LogP contribution is 2.32. The monoisotopic (exact) mass is 263 g/mol. The minimum atomic E-state index is -0.0969. The molecule has 19 heavy (non-hydrogen) atoms. The average Bonchev–Trinajstić information content (AvgIpc) is 3.16. The van der Waals surface area contributed by atoms with E-state index in [9.17, 15) is 5.11 Å². The number of furan rings is 1. The lowest BCUT2D eigenvalue weighted by Gasteiger charge is -2.28. The van der Waals surface area contributed by atoms with Gasteiger partial charge in [-0.05, 0) is 43.7 Å². The highest BCUT2D eigenvalue weighted by Gasteiger charge is 2.33. The minimum absolute atomic E-state index is 0.0969. The Morgan fingerprint density at radius 2 is 2.00 bits per heavy atom. The molecular formula is C16H25NO2. The van der Waals surface area contributed by atoms with Gasteiger partial charge >= 0.3 is 0 Å². The Bertz CT molecular complexity index is 372. The molecule has 2 atom stereocenters. The van der Waals surface area contributed by atoms with Crippen molar-refractivity contribution in [2.24, 2.45) is 5.92 Å². The molecule has 3 rings (SSSR count). The van der Waals surface area contributed by atoms with Crippen molar-refractivity contribution >= 4 is 0 Å². The third-order valence-corrected chi connectivity index (χ3v) is 4.59. The van der Waals surface area contributed by atoms with Crippen LogP contribution in [0.1, 0.15) is 50.7 Å². The quantitative estimate of drug-likeness (QED) is 0.829. The average molecular weight is 263 g/mol. The number of hydrogen-bond acceptors (Lipinski definition) is 3. The van der Waals surface area contributed by atoms with Gasteiger partial charge in [-0.1, -0.05) is 19.3 Å². The maximum Gasteiger partial charge on any atom is 0.117 e. The van der Waals surface area contributed by atoms with Gasteiger partial charge in [0.2, 0.25) is 0 Å². The van der Waals surface area contributed by atoms with Crippen LogP contribution in [0, 0.1) is 5.92 Å². The summed E-state index contributed by atoms with van der Waals surface area (Å²) >= 11 is 0. The number of hydrogen-bond donors (Lipinski definition) is 1. The Morgan fingerprint density at radius 3 is 2.74 bits per heavy atom. The van der Waals surface area contributed by atoms with Gasteiger partial charge < -0.3 is 9.52 Å². The van der Waals surface area contributed by atoms with Crippen LogP contribution >= 0.6 is 0 Å².